The van der Waals surface area contributed by atoms with Crippen molar-refractivity contribution in [2.75, 3.05) is 33.4 Å². The van der Waals surface area contributed by atoms with Crippen molar-refractivity contribution in [1.29, 1.82) is 0 Å². The molecule has 0 aliphatic carbocycles. The van der Waals surface area contributed by atoms with Crippen LogP contribution < -0.4 is 34.0 Å². The maximum Gasteiger partial charge on any atom is 2.00 e. The smallest absolute Gasteiger partial charge is 1.00 e. The van der Waals surface area contributed by atoms with E-state index >= 15 is 0 Å². The van der Waals surface area contributed by atoms with E-state index in [9.17, 15) is 0 Å². The summed E-state index contributed by atoms with van der Waals surface area (Å²) < 4.78 is 5.10. The maximum absolute atomic E-state index is 5.10. The SMILES string of the molecule is CN1CCOCC1.[Br-].[Br-].[Zn+2]. The van der Waals surface area contributed by atoms with Gasteiger partial charge in [0.05, 0.1) is 13.2 Å². The number of ether oxygens (including phenoxy) is 1. The average molecular weight is 326 g/mol. The fourth-order valence-corrected chi connectivity index (χ4v) is 0.655. The largest absolute Gasteiger partial charge is 2.00 e. The van der Waals surface area contributed by atoms with E-state index in [2.05, 4.69) is 11.9 Å². The first-order valence-electron chi connectivity index (χ1n) is 2.66. The topological polar surface area (TPSA) is 12.5 Å². The standard InChI is InChI=1S/C5H11NO.2BrH.Zn/c1-6-2-4-7-5-3-6;;;/h2-5H2,1H3;2*1H;/q;;;+2/p-2. The minimum atomic E-state index is 0. The van der Waals surface area contributed by atoms with Crippen LogP contribution >= 0.6 is 0 Å². The molecule has 1 aliphatic rings. The molecule has 0 saturated carbocycles. The Labute approximate surface area is 96.0 Å². The summed E-state index contributed by atoms with van der Waals surface area (Å²) in [6, 6.07) is 0. The van der Waals surface area contributed by atoms with Crippen LogP contribution in [0.2, 0.25) is 0 Å². The van der Waals surface area contributed by atoms with Gasteiger partial charge in [0.25, 0.3) is 0 Å². The van der Waals surface area contributed by atoms with Crippen LogP contribution in [0.3, 0.4) is 0 Å². The fraction of sp³-hybridized carbons (Fsp3) is 1.00. The molecule has 0 bridgehead atoms. The van der Waals surface area contributed by atoms with Gasteiger partial charge in [0.2, 0.25) is 0 Å². The van der Waals surface area contributed by atoms with Crippen LogP contribution in [0, 0.1) is 0 Å². The quantitative estimate of drug-likeness (QED) is 0.411. The van der Waals surface area contributed by atoms with E-state index in [0.717, 1.165) is 26.3 Å². The number of hydrogen-bond acceptors (Lipinski definition) is 2. The van der Waals surface area contributed by atoms with Gasteiger partial charge in [-0.25, -0.2) is 0 Å². The molecule has 0 spiro atoms. The van der Waals surface area contributed by atoms with E-state index in [0.29, 0.717) is 0 Å². The van der Waals surface area contributed by atoms with Crippen LogP contribution in [0.4, 0.5) is 0 Å². The fourth-order valence-electron chi connectivity index (χ4n) is 0.655. The molecule has 10 heavy (non-hydrogen) atoms. The van der Waals surface area contributed by atoms with Crippen molar-refractivity contribution in [3.63, 3.8) is 0 Å². The van der Waals surface area contributed by atoms with Crippen LogP contribution in [0.1, 0.15) is 0 Å². The van der Waals surface area contributed by atoms with Crippen molar-refractivity contribution < 1.29 is 58.2 Å². The van der Waals surface area contributed by atoms with Crippen molar-refractivity contribution in [3.05, 3.63) is 0 Å². The van der Waals surface area contributed by atoms with Gasteiger partial charge in [0, 0.05) is 13.1 Å². The zero-order valence-electron chi connectivity index (χ0n) is 6.15. The Morgan fingerprint density at radius 3 is 1.70 bits per heavy atom. The molecule has 0 atom stereocenters. The third-order valence-corrected chi connectivity index (χ3v) is 1.23. The molecule has 2 nitrogen and oxygen atoms in total. The minimum absolute atomic E-state index is 0. The second-order valence-corrected chi connectivity index (χ2v) is 1.92. The van der Waals surface area contributed by atoms with Crippen LogP contribution in [0.15, 0.2) is 0 Å². The van der Waals surface area contributed by atoms with E-state index in [1.54, 1.807) is 0 Å². The van der Waals surface area contributed by atoms with Crippen LogP contribution in [-0.4, -0.2) is 38.3 Å². The van der Waals surface area contributed by atoms with Gasteiger partial charge >= 0.3 is 19.5 Å². The zero-order chi connectivity index (χ0) is 5.11. The van der Waals surface area contributed by atoms with E-state index in [1.807, 2.05) is 0 Å². The summed E-state index contributed by atoms with van der Waals surface area (Å²) in [5.41, 5.74) is 0. The second kappa shape index (κ2) is 10.5. The maximum atomic E-state index is 5.10. The summed E-state index contributed by atoms with van der Waals surface area (Å²) in [6.45, 7) is 4.02. The van der Waals surface area contributed by atoms with Gasteiger partial charge in [0.1, 0.15) is 0 Å². The Bertz CT molecular complexity index is 61.6. The zero-order valence-corrected chi connectivity index (χ0v) is 12.3. The molecule has 1 fully saturated rings. The van der Waals surface area contributed by atoms with Crippen molar-refractivity contribution >= 4 is 0 Å². The number of likely N-dealkylation sites (N-methyl/N-ethyl adjacent to an activating group) is 1. The van der Waals surface area contributed by atoms with Crippen molar-refractivity contribution in [1.82, 2.24) is 4.90 Å². The molecular weight excluding hydrogens is 315 g/mol. The minimum Gasteiger partial charge on any atom is -1.00 e. The second-order valence-electron chi connectivity index (χ2n) is 1.92. The van der Waals surface area contributed by atoms with Gasteiger partial charge in [-0.1, -0.05) is 0 Å². The van der Waals surface area contributed by atoms with E-state index in [1.165, 1.54) is 0 Å². The summed E-state index contributed by atoms with van der Waals surface area (Å²) in [7, 11) is 2.11. The predicted molar refractivity (Wildman–Crippen MR) is 28.3 cm³/mol. The first kappa shape index (κ1) is 17.6. The van der Waals surface area contributed by atoms with Gasteiger partial charge in [-0.05, 0) is 7.05 Å². The molecule has 0 unspecified atom stereocenters. The van der Waals surface area contributed by atoms with Crippen LogP contribution in [0.25, 0.3) is 0 Å². The summed E-state index contributed by atoms with van der Waals surface area (Å²) in [5.74, 6) is 0. The first-order chi connectivity index (χ1) is 3.39. The van der Waals surface area contributed by atoms with E-state index < -0.39 is 0 Å². The Morgan fingerprint density at radius 2 is 1.50 bits per heavy atom. The molecule has 0 amide bonds. The third-order valence-electron chi connectivity index (χ3n) is 1.23. The molecule has 5 heteroatoms. The average Bonchev–Trinajstić information content (AvgIpc) is 1.69. The summed E-state index contributed by atoms with van der Waals surface area (Å²) in [4.78, 5) is 2.27. The Hall–Kier alpha value is 1.50. The van der Waals surface area contributed by atoms with E-state index in [-0.39, 0.29) is 53.4 Å². The summed E-state index contributed by atoms with van der Waals surface area (Å²) in [5, 5.41) is 0. The molecule has 1 saturated heterocycles. The number of rotatable bonds is 0. The molecule has 58 valence electrons. The van der Waals surface area contributed by atoms with Crippen molar-refractivity contribution in [2.45, 2.75) is 0 Å². The molecule has 0 aromatic heterocycles. The van der Waals surface area contributed by atoms with Crippen molar-refractivity contribution in [2.24, 2.45) is 0 Å². The number of halogens is 2. The van der Waals surface area contributed by atoms with Gasteiger partial charge in [-0.2, -0.15) is 0 Å². The first-order valence-corrected chi connectivity index (χ1v) is 2.66. The molecular formula is C5H11Br2NOZn. The molecule has 1 rings (SSSR count). The van der Waals surface area contributed by atoms with E-state index in [4.69, 9.17) is 4.74 Å². The Morgan fingerprint density at radius 1 is 1.10 bits per heavy atom. The number of morpholine rings is 1. The van der Waals surface area contributed by atoms with Crippen LogP contribution in [-0.2, 0) is 24.2 Å². The Kier molecular flexibility index (Phi) is 18.4. The van der Waals surface area contributed by atoms with Crippen LogP contribution in [0.5, 0.6) is 0 Å². The molecule has 0 radical (unpaired) electrons. The third kappa shape index (κ3) is 7.61. The van der Waals surface area contributed by atoms with Gasteiger partial charge in [-0.3, -0.25) is 0 Å². The van der Waals surface area contributed by atoms with Gasteiger partial charge in [-0.15, -0.1) is 0 Å². The summed E-state index contributed by atoms with van der Waals surface area (Å²) >= 11 is 0. The van der Waals surface area contributed by atoms with Crippen molar-refractivity contribution in [3.8, 4) is 0 Å². The molecule has 1 heterocycles. The normalized spacial score (nSPS) is 17.7. The molecule has 0 N–H and O–H groups in total. The molecule has 0 aromatic carbocycles. The molecule has 0 aromatic rings. The van der Waals surface area contributed by atoms with Gasteiger partial charge in [0.15, 0.2) is 0 Å². The van der Waals surface area contributed by atoms with Gasteiger partial charge < -0.3 is 43.6 Å². The monoisotopic (exact) mass is 323 g/mol. The number of hydrogen-bond donors (Lipinski definition) is 0. The predicted octanol–water partition coefficient (Wildman–Crippen LogP) is -6.05. The number of nitrogens with zero attached hydrogens (tertiary/aromatic N) is 1. The summed E-state index contributed by atoms with van der Waals surface area (Å²) in [6.07, 6.45) is 0. The Balaban J connectivity index is -0.000000163. The molecule has 1 aliphatic heterocycles.